The topological polar surface area (TPSA) is 61.8 Å². The monoisotopic (exact) mass is 352 g/mol. The molecule has 5 nitrogen and oxygen atoms in total. The van der Waals surface area contributed by atoms with Crippen LogP contribution in [0.5, 0.6) is 0 Å². The van der Waals surface area contributed by atoms with Crippen LogP contribution in [0.2, 0.25) is 0 Å². The van der Waals surface area contributed by atoms with Crippen molar-refractivity contribution in [1.82, 2.24) is 0 Å². The Morgan fingerprint density at radius 3 is 2.31 bits per heavy atom. The summed E-state index contributed by atoms with van der Waals surface area (Å²) in [5.74, 6) is -1.56. The van der Waals surface area contributed by atoms with Gasteiger partial charge in [-0.05, 0) is 18.1 Å². The van der Waals surface area contributed by atoms with Crippen molar-refractivity contribution in [3.63, 3.8) is 0 Å². The number of hydrogen-bond acceptors (Lipinski definition) is 5. The third kappa shape index (κ3) is 2.35. The average Bonchev–Trinajstić information content (AvgIpc) is 3.20. The summed E-state index contributed by atoms with van der Waals surface area (Å²) in [4.78, 5) is 25.9. The number of rotatable bonds is 4. The second-order valence-corrected chi connectivity index (χ2v) is 6.55. The van der Waals surface area contributed by atoms with E-state index in [4.69, 9.17) is 14.2 Å². The van der Waals surface area contributed by atoms with E-state index in [1.807, 2.05) is 60.7 Å². The quantitative estimate of drug-likeness (QED) is 0.624. The molecule has 0 unspecified atom stereocenters. The lowest BCUT2D eigenvalue weighted by Crippen LogP contribution is -2.44. The van der Waals surface area contributed by atoms with Gasteiger partial charge in [0.15, 0.2) is 0 Å². The van der Waals surface area contributed by atoms with Gasteiger partial charge in [0.2, 0.25) is 5.41 Å². The van der Waals surface area contributed by atoms with Gasteiger partial charge >= 0.3 is 11.9 Å². The highest BCUT2D eigenvalue weighted by molar-refractivity contribution is 6.03. The van der Waals surface area contributed by atoms with Gasteiger partial charge in [0.1, 0.15) is 6.10 Å². The number of esters is 2. The summed E-state index contributed by atoms with van der Waals surface area (Å²) in [6.45, 7) is 2.06. The van der Waals surface area contributed by atoms with Gasteiger partial charge in [-0.3, -0.25) is 9.59 Å². The number of hydrogen-bond donors (Lipinski definition) is 0. The van der Waals surface area contributed by atoms with Crippen molar-refractivity contribution in [3.8, 4) is 0 Å². The Bertz CT molecular complexity index is 804. The Hall–Kier alpha value is -2.66. The zero-order valence-electron chi connectivity index (χ0n) is 14.5. The van der Waals surface area contributed by atoms with Gasteiger partial charge in [0, 0.05) is 0 Å². The lowest BCUT2D eigenvalue weighted by Gasteiger charge is -2.27. The Labute approximate surface area is 151 Å². The molecule has 0 bridgehead atoms. The SMILES string of the molecule is CCOC(=O)[C@]12C(=O)OC[C@H]1[C@@H](c1ccccc1)O[C@H]2c1ccccc1. The highest BCUT2D eigenvalue weighted by Gasteiger charge is 2.71. The van der Waals surface area contributed by atoms with Gasteiger partial charge in [0.25, 0.3) is 0 Å². The van der Waals surface area contributed by atoms with Crippen LogP contribution in [0, 0.1) is 11.3 Å². The normalized spacial score (nSPS) is 29.9. The maximum Gasteiger partial charge on any atom is 0.327 e. The summed E-state index contributed by atoms with van der Waals surface area (Å²) < 4.78 is 17.0. The number of cyclic esters (lactones) is 1. The molecular formula is C21H20O5. The van der Waals surface area contributed by atoms with Crippen LogP contribution in [-0.4, -0.2) is 25.2 Å². The smallest absolute Gasteiger partial charge is 0.327 e. The Morgan fingerprint density at radius 2 is 1.69 bits per heavy atom. The zero-order valence-corrected chi connectivity index (χ0v) is 14.5. The van der Waals surface area contributed by atoms with E-state index in [1.54, 1.807) is 6.92 Å². The van der Waals surface area contributed by atoms with Crippen LogP contribution >= 0.6 is 0 Å². The first kappa shape index (κ1) is 16.8. The van der Waals surface area contributed by atoms with Gasteiger partial charge in [-0.15, -0.1) is 0 Å². The summed E-state index contributed by atoms with van der Waals surface area (Å²) >= 11 is 0. The molecule has 2 fully saturated rings. The van der Waals surface area contributed by atoms with Gasteiger partial charge in [0.05, 0.1) is 25.2 Å². The minimum atomic E-state index is -1.47. The molecule has 0 saturated carbocycles. The number of fused-ring (bicyclic) bond motifs is 1. The predicted octanol–water partition coefficient (Wildman–Crippen LogP) is 3.22. The molecule has 2 heterocycles. The van der Waals surface area contributed by atoms with E-state index in [0.29, 0.717) is 0 Å². The average molecular weight is 352 g/mol. The largest absolute Gasteiger partial charge is 0.465 e. The molecule has 2 aliphatic rings. The number of ether oxygens (including phenoxy) is 3. The lowest BCUT2D eigenvalue weighted by atomic mass is 9.70. The van der Waals surface area contributed by atoms with Crippen molar-refractivity contribution >= 4 is 11.9 Å². The van der Waals surface area contributed by atoms with Gasteiger partial charge < -0.3 is 14.2 Å². The summed E-state index contributed by atoms with van der Waals surface area (Å²) in [6.07, 6.45) is -1.16. The Kier molecular flexibility index (Phi) is 4.24. The van der Waals surface area contributed by atoms with Crippen LogP contribution in [0.3, 0.4) is 0 Å². The molecule has 26 heavy (non-hydrogen) atoms. The Balaban J connectivity index is 1.86. The molecular weight excluding hydrogens is 332 g/mol. The van der Waals surface area contributed by atoms with E-state index in [1.165, 1.54) is 0 Å². The maximum absolute atomic E-state index is 13.0. The van der Waals surface area contributed by atoms with Gasteiger partial charge in [-0.1, -0.05) is 60.7 Å². The molecule has 0 N–H and O–H groups in total. The molecule has 0 aliphatic carbocycles. The van der Waals surface area contributed by atoms with Crippen molar-refractivity contribution in [1.29, 1.82) is 0 Å². The predicted molar refractivity (Wildman–Crippen MR) is 93.0 cm³/mol. The standard InChI is InChI=1S/C21H20O5/c1-2-24-19(22)21-16(13-25-20(21)23)17(14-9-5-3-6-10-14)26-18(21)15-11-7-4-8-12-15/h3-12,16-18H,2,13H2,1H3/t16-,17+,18-,21-/m0/s1. The third-order valence-electron chi connectivity index (χ3n) is 5.22. The molecule has 4 atom stereocenters. The molecule has 5 heteroatoms. The summed E-state index contributed by atoms with van der Waals surface area (Å²) in [6, 6.07) is 19.0. The van der Waals surface area contributed by atoms with E-state index in [2.05, 4.69) is 0 Å². The fourth-order valence-corrected chi connectivity index (χ4v) is 4.06. The Morgan fingerprint density at radius 1 is 1.08 bits per heavy atom. The first-order chi connectivity index (χ1) is 12.7. The first-order valence-electron chi connectivity index (χ1n) is 8.79. The van der Waals surface area contributed by atoms with Crippen LogP contribution in [0.15, 0.2) is 60.7 Å². The van der Waals surface area contributed by atoms with Crippen LogP contribution in [0.4, 0.5) is 0 Å². The van der Waals surface area contributed by atoms with Crippen molar-refractivity contribution in [3.05, 3.63) is 71.8 Å². The van der Waals surface area contributed by atoms with E-state index >= 15 is 0 Å². The zero-order chi connectivity index (χ0) is 18.1. The first-order valence-corrected chi connectivity index (χ1v) is 8.79. The van der Waals surface area contributed by atoms with E-state index in [9.17, 15) is 9.59 Å². The van der Waals surface area contributed by atoms with E-state index < -0.39 is 35.5 Å². The molecule has 4 rings (SSSR count). The maximum atomic E-state index is 13.0. The highest BCUT2D eigenvalue weighted by Crippen LogP contribution is 2.61. The van der Waals surface area contributed by atoms with Crippen LogP contribution in [0.1, 0.15) is 30.3 Å². The number of carbonyl (C=O) groups excluding carboxylic acids is 2. The van der Waals surface area contributed by atoms with Crippen molar-refractivity contribution < 1.29 is 23.8 Å². The van der Waals surface area contributed by atoms with Crippen molar-refractivity contribution in [2.75, 3.05) is 13.2 Å². The van der Waals surface area contributed by atoms with Crippen molar-refractivity contribution in [2.45, 2.75) is 19.1 Å². The molecule has 0 aromatic heterocycles. The molecule has 0 radical (unpaired) electrons. The van der Waals surface area contributed by atoms with Crippen LogP contribution in [-0.2, 0) is 23.8 Å². The summed E-state index contributed by atoms with van der Waals surface area (Å²) in [5.41, 5.74) is 0.212. The minimum Gasteiger partial charge on any atom is -0.465 e. The molecule has 0 spiro atoms. The summed E-state index contributed by atoms with van der Waals surface area (Å²) in [7, 11) is 0. The van der Waals surface area contributed by atoms with Gasteiger partial charge in [-0.25, -0.2) is 0 Å². The molecule has 2 saturated heterocycles. The van der Waals surface area contributed by atoms with E-state index in [0.717, 1.165) is 11.1 Å². The molecule has 2 aliphatic heterocycles. The van der Waals surface area contributed by atoms with Crippen molar-refractivity contribution in [2.24, 2.45) is 11.3 Å². The summed E-state index contributed by atoms with van der Waals surface area (Å²) in [5, 5.41) is 0. The highest BCUT2D eigenvalue weighted by atomic mass is 16.6. The van der Waals surface area contributed by atoms with Gasteiger partial charge in [-0.2, -0.15) is 0 Å². The second kappa shape index (κ2) is 6.57. The molecule has 2 aromatic rings. The lowest BCUT2D eigenvalue weighted by molar-refractivity contribution is -0.170. The molecule has 0 amide bonds. The minimum absolute atomic E-state index is 0.139. The fraction of sp³-hybridized carbons (Fsp3) is 0.333. The molecule has 134 valence electrons. The fourth-order valence-electron chi connectivity index (χ4n) is 4.06. The number of benzene rings is 2. The van der Waals surface area contributed by atoms with E-state index in [-0.39, 0.29) is 13.2 Å². The second-order valence-electron chi connectivity index (χ2n) is 6.55. The van der Waals surface area contributed by atoms with Crippen LogP contribution < -0.4 is 0 Å². The third-order valence-corrected chi connectivity index (χ3v) is 5.22. The number of carbonyl (C=O) groups is 2. The molecule has 2 aromatic carbocycles. The van der Waals surface area contributed by atoms with Crippen LogP contribution in [0.25, 0.3) is 0 Å².